The monoisotopic (exact) mass is 393 g/mol. The van der Waals surface area contributed by atoms with E-state index in [1.807, 2.05) is 6.07 Å². The topological polar surface area (TPSA) is 14.5 Å². The lowest BCUT2D eigenvalue weighted by molar-refractivity contribution is 0.368. The molecule has 150 valence electrons. The maximum Gasteiger partial charge on any atom is 0.673 e. The molecule has 0 amide bonds. The van der Waals surface area contributed by atoms with Crippen LogP contribution < -0.4 is 4.90 Å². The Kier molecular flexibility index (Phi) is 7.05. The van der Waals surface area contributed by atoms with Gasteiger partial charge in [-0.25, -0.2) is 4.42 Å². The van der Waals surface area contributed by atoms with Crippen LogP contribution in [0.1, 0.15) is 25.0 Å². The van der Waals surface area contributed by atoms with Gasteiger partial charge < -0.3 is 22.2 Å². The van der Waals surface area contributed by atoms with Gasteiger partial charge in [0.2, 0.25) is 0 Å². The van der Waals surface area contributed by atoms with Crippen LogP contribution in [0.15, 0.2) is 52.9 Å². The average molecular weight is 393 g/mol. The van der Waals surface area contributed by atoms with E-state index in [-0.39, 0.29) is 0 Å². The maximum atomic E-state index is 9.75. The van der Waals surface area contributed by atoms with Gasteiger partial charge in [0.25, 0.3) is 0 Å². The molecule has 0 saturated heterocycles. The summed E-state index contributed by atoms with van der Waals surface area (Å²) >= 11 is 0. The largest absolute Gasteiger partial charge is 0.673 e. The summed E-state index contributed by atoms with van der Waals surface area (Å²) in [7, 11) is -6.00. The number of hydrogen-bond donors (Lipinski definition) is 0. The Morgan fingerprint density at radius 1 is 0.857 bits per heavy atom. The van der Waals surface area contributed by atoms with Gasteiger partial charge in [-0.2, -0.15) is 0 Å². The van der Waals surface area contributed by atoms with Crippen LogP contribution in [0.5, 0.6) is 0 Å². The van der Waals surface area contributed by atoms with Gasteiger partial charge in [0.1, 0.15) is 0 Å². The maximum absolute atomic E-state index is 9.75. The van der Waals surface area contributed by atoms with Crippen molar-refractivity contribution >= 4 is 23.9 Å². The normalized spacial score (nSPS) is 11.1. The third-order valence-electron chi connectivity index (χ3n) is 4.65. The van der Waals surface area contributed by atoms with Crippen molar-refractivity contribution in [1.29, 1.82) is 0 Å². The molecule has 0 aliphatic rings. The van der Waals surface area contributed by atoms with E-state index in [4.69, 9.17) is 4.42 Å². The first-order valence-corrected chi connectivity index (χ1v) is 9.20. The van der Waals surface area contributed by atoms with Crippen molar-refractivity contribution in [3.05, 3.63) is 59.7 Å². The van der Waals surface area contributed by atoms with Crippen LogP contribution in [0.3, 0.4) is 0 Å². The Bertz CT molecular complexity index is 919. The van der Waals surface area contributed by atoms with Crippen LogP contribution in [0, 0.1) is 13.8 Å². The lowest BCUT2D eigenvalue weighted by atomic mass is 10.0. The van der Waals surface area contributed by atoms with Gasteiger partial charge in [0.05, 0.1) is 22.6 Å². The number of hydrogen-bond acceptors (Lipinski definition) is 1. The third kappa shape index (κ3) is 5.47. The molecule has 1 aromatic heterocycles. The molecule has 0 aliphatic carbocycles. The van der Waals surface area contributed by atoms with Gasteiger partial charge in [-0.05, 0) is 57.5 Å². The minimum absolute atomic E-state index is 0.955. The second-order valence-corrected chi connectivity index (χ2v) is 6.39. The molecule has 2 nitrogen and oxygen atoms in total. The fraction of sp³-hybridized carbons (Fsp3) is 0.286. The van der Waals surface area contributed by atoms with Crippen molar-refractivity contribution in [3.8, 4) is 11.3 Å². The molecule has 0 aliphatic heterocycles. The van der Waals surface area contributed by atoms with Crippen molar-refractivity contribution in [2.45, 2.75) is 27.7 Å². The Hall–Kier alpha value is -2.57. The molecule has 0 unspecified atom stereocenters. The summed E-state index contributed by atoms with van der Waals surface area (Å²) in [5.74, 6) is 0.965. The Morgan fingerprint density at radius 3 is 1.96 bits per heavy atom. The van der Waals surface area contributed by atoms with E-state index in [1.54, 1.807) is 0 Å². The summed E-state index contributed by atoms with van der Waals surface area (Å²) in [6, 6.07) is 16.9. The van der Waals surface area contributed by atoms with Crippen molar-refractivity contribution in [2.75, 3.05) is 18.0 Å². The molecule has 0 atom stereocenters. The van der Waals surface area contributed by atoms with E-state index in [2.05, 4.69) is 75.1 Å². The van der Waals surface area contributed by atoms with Gasteiger partial charge in [0, 0.05) is 18.8 Å². The number of anilines is 1. The summed E-state index contributed by atoms with van der Waals surface area (Å²) in [4.78, 5) is 2.34. The lowest BCUT2D eigenvalue weighted by Gasteiger charge is -2.20. The van der Waals surface area contributed by atoms with Crippen LogP contribution in [0.4, 0.5) is 23.0 Å². The van der Waals surface area contributed by atoms with E-state index in [0.29, 0.717) is 0 Å². The average Bonchev–Trinajstić information content (AvgIpc) is 2.65. The van der Waals surface area contributed by atoms with Crippen LogP contribution >= 0.6 is 0 Å². The summed E-state index contributed by atoms with van der Waals surface area (Å²) < 4.78 is 45.3. The second kappa shape index (κ2) is 9.08. The summed E-state index contributed by atoms with van der Waals surface area (Å²) in [6.45, 7) is 10.7. The minimum Gasteiger partial charge on any atom is -0.418 e. The van der Waals surface area contributed by atoms with Gasteiger partial charge >= 0.3 is 18.6 Å². The molecule has 0 fully saturated rings. The number of halogens is 4. The van der Waals surface area contributed by atoms with Crippen molar-refractivity contribution in [1.82, 2.24) is 0 Å². The van der Waals surface area contributed by atoms with Crippen molar-refractivity contribution in [2.24, 2.45) is 0 Å². The molecule has 7 heteroatoms. The quantitative estimate of drug-likeness (QED) is 0.266. The zero-order valence-corrected chi connectivity index (χ0v) is 16.5. The van der Waals surface area contributed by atoms with Crippen LogP contribution in [-0.4, -0.2) is 20.3 Å². The SMILES string of the molecule is CCN(CC)c1ccc2c(C)c(C)c(-c3ccccc3)[o+]c2c1.F[B-](F)(F)F. The highest BCUT2D eigenvalue weighted by Crippen LogP contribution is 2.33. The highest BCUT2D eigenvalue weighted by atomic mass is 19.5. The second-order valence-electron chi connectivity index (χ2n) is 6.39. The molecule has 0 saturated carbocycles. The molecule has 0 bridgehead atoms. The van der Waals surface area contributed by atoms with Crippen molar-refractivity contribution in [3.63, 3.8) is 0 Å². The fourth-order valence-corrected chi connectivity index (χ4v) is 3.11. The van der Waals surface area contributed by atoms with E-state index >= 15 is 0 Å². The first kappa shape index (κ1) is 21.7. The first-order valence-electron chi connectivity index (χ1n) is 9.20. The molecule has 28 heavy (non-hydrogen) atoms. The third-order valence-corrected chi connectivity index (χ3v) is 4.65. The molecule has 1 heterocycles. The van der Waals surface area contributed by atoms with Crippen molar-refractivity contribution < 1.29 is 21.7 Å². The molecular weight excluding hydrogens is 369 g/mol. The van der Waals surface area contributed by atoms with E-state index in [0.717, 1.165) is 30.0 Å². The highest BCUT2D eigenvalue weighted by Gasteiger charge is 2.23. The smallest absolute Gasteiger partial charge is 0.418 e. The minimum atomic E-state index is -6.00. The predicted molar refractivity (Wildman–Crippen MR) is 109 cm³/mol. The van der Waals surface area contributed by atoms with E-state index in [9.17, 15) is 17.3 Å². The molecule has 0 spiro atoms. The standard InChI is InChI=1S/C21H24NO.BF4/c1-5-22(6-2)18-12-13-19-15(3)16(4)21(23-20(19)14-18)17-10-8-7-9-11-17;2-1(3,4)5/h7-14H,5-6H2,1-4H3;/q+1;-1. The Morgan fingerprint density at radius 2 is 1.43 bits per heavy atom. The number of rotatable bonds is 4. The summed E-state index contributed by atoms with van der Waals surface area (Å²) in [5, 5.41) is 1.19. The van der Waals surface area contributed by atoms with E-state index < -0.39 is 7.25 Å². The number of aryl methyl sites for hydroxylation is 1. The van der Waals surface area contributed by atoms with Gasteiger partial charge in [-0.1, -0.05) is 18.2 Å². The van der Waals surface area contributed by atoms with Crippen LogP contribution in [0.25, 0.3) is 22.3 Å². The molecule has 0 radical (unpaired) electrons. The fourth-order valence-electron chi connectivity index (χ4n) is 3.11. The van der Waals surface area contributed by atoms with E-state index in [1.165, 1.54) is 22.2 Å². The van der Waals surface area contributed by atoms with Gasteiger partial charge in [-0.15, -0.1) is 0 Å². The number of nitrogens with zero attached hydrogens (tertiary/aromatic N) is 1. The first-order chi connectivity index (χ1) is 13.2. The summed E-state index contributed by atoms with van der Waals surface area (Å²) in [6.07, 6.45) is 0. The molecular formula is C21H24BF4NO. The Balaban J connectivity index is 0.000000500. The molecule has 2 aromatic carbocycles. The predicted octanol–water partition coefficient (Wildman–Crippen LogP) is 7.14. The summed E-state index contributed by atoms with van der Waals surface area (Å²) in [5.41, 5.74) is 5.79. The lowest BCUT2D eigenvalue weighted by Crippen LogP contribution is -2.21. The highest BCUT2D eigenvalue weighted by molar-refractivity contribution is 6.50. The van der Waals surface area contributed by atoms with Crippen LogP contribution in [-0.2, 0) is 0 Å². The number of fused-ring (bicyclic) bond motifs is 1. The zero-order chi connectivity index (χ0) is 20.9. The van der Waals surface area contributed by atoms with Gasteiger partial charge in [-0.3, -0.25) is 0 Å². The van der Waals surface area contributed by atoms with Gasteiger partial charge in [0.15, 0.2) is 0 Å². The molecule has 0 N–H and O–H groups in total. The molecule has 3 rings (SSSR count). The Labute approximate surface area is 162 Å². The molecule has 3 aromatic rings. The number of benzene rings is 2. The zero-order valence-electron chi connectivity index (χ0n) is 16.5. The van der Waals surface area contributed by atoms with Crippen LogP contribution in [0.2, 0.25) is 0 Å².